The largest absolute Gasteiger partial charge is 0.456 e. The van der Waals surface area contributed by atoms with E-state index in [-0.39, 0.29) is 40.6 Å². The van der Waals surface area contributed by atoms with Crippen LogP contribution in [0.4, 0.5) is 0 Å². The Hall–Kier alpha value is -6.85. The normalized spacial score (nSPS) is 14.1. The molecule has 3 aromatic heterocycles. The van der Waals surface area contributed by atoms with Crippen LogP contribution in [0, 0.1) is 0 Å². The maximum absolute atomic E-state index is 9.09. The van der Waals surface area contributed by atoms with Gasteiger partial charge in [-0.2, -0.15) is 0 Å². The first-order chi connectivity index (χ1) is 28.5. The van der Waals surface area contributed by atoms with Gasteiger partial charge in [0.1, 0.15) is 11.2 Å². The Balaban J connectivity index is 1.19. The van der Waals surface area contributed by atoms with Gasteiger partial charge in [0, 0.05) is 43.9 Å². The third-order valence-corrected chi connectivity index (χ3v) is 8.85. The number of furan rings is 1. The summed E-state index contributed by atoms with van der Waals surface area (Å²) in [4.78, 5) is 14.8. The lowest BCUT2D eigenvalue weighted by atomic mass is 10.0. The summed E-state index contributed by atoms with van der Waals surface area (Å²) in [6.45, 7) is 0. The second-order valence-corrected chi connectivity index (χ2v) is 11.8. The molecule has 0 amide bonds. The van der Waals surface area contributed by atoms with Gasteiger partial charge in [-0.3, -0.25) is 0 Å². The molecule has 0 saturated heterocycles. The van der Waals surface area contributed by atoms with Crippen LogP contribution in [0.1, 0.15) is 12.3 Å². The fraction of sp³-hybridized carbons (Fsp3) is 0. The fourth-order valence-corrected chi connectivity index (χ4v) is 6.54. The molecule has 234 valence electrons. The predicted molar refractivity (Wildman–Crippen MR) is 203 cm³/mol. The highest BCUT2D eigenvalue weighted by atomic mass is 16.3. The summed E-state index contributed by atoms with van der Waals surface area (Å²) in [6.07, 6.45) is 0. The van der Waals surface area contributed by atoms with E-state index in [2.05, 4.69) is 0 Å². The maximum Gasteiger partial charge on any atom is 0.164 e. The highest BCUT2D eigenvalue weighted by Gasteiger charge is 2.17. The number of hydrogen-bond donors (Lipinski definition) is 0. The quantitative estimate of drug-likeness (QED) is 0.186. The van der Waals surface area contributed by atoms with Gasteiger partial charge in [-0.25, -0.2) is 15.0 Å². The van der Waals surface area contributed by atoms with Crippen LogP contribution >= 0.6 is 0 Å². The highest BCUT2D eigenvalue weighted by molar-refractivity contribution is 6.10. The third-order valence-electron chi connectivity index (χ3n) is 8.85. The second kappa shape index (κ2) is 11.4. The van der Waals surface area contributed by atoms with Crippen LogP contribution in [0.3, 0.4) is 0 Å². The van der Waals surface area contributed by atoms with Crippen LogP contribution < -0.4 is 0 Å². The lowest BCUT2D eigenvalue weighted by molar-refractivity contribution is 0.669. The Bertz CT molecular complexity index is 3370. The minimum atomic E-state index is -0.510. The zero-order chi connectivity index (χ0) is 40.9. The van der Waals surface area contributed by atoms with Gasteiger partial charge in [-0.05, 0) is 59.6 Å². The lowest BCUT2D eigenvalue weighted by Crippen LogP contribution is -2.01. The first kappa shape index (κ1) is 20.5. The predicted octanol–water partition coefficient (Wildman–Crippen LogP) is 11.5. The first-order valence-corrected chi connectivity index (χ1v) is 16.0. The molecule has 0 N–H and O–H groups in total. The summed E-state index contributed by atoms with van der Waals surface area (Å²) in [5.74, 6) is 1.24. The number of benzene rings is 7. The Labute approximate surface area is 300 Å². The molecule has 0 unspecified atom stereocenters. The summed E-state index contributed by atoms with van der Waals surface area (Å²) < 4.78 is 85.0. The standard InChI is InChI=1S/C45H28N4O/c1-3-12-29(13-4-1)31-23-25-40-38(27-31)35-18-7-9-20-39(35)49(40)34-17-11-16-32(26-34)44-46-43(30-14-5-2-6-15-30)47-45(48-44)33-22-24-37-36-19-8-10-21-41(36)50-42(37)28-33/h1-28H/i1D,3D,4D,7D,9D,12D,13D,18D,20D. The molecule has 0 saturated carbocycles. The van der Waals surface area contributed by atoms with Gasteiger partial charge in [-0.15, -0.1) is 0 Å². The molecule has 0 aliphatic carbocycles. The molecule has 0 aliphatic heterocycles. The minimum absolute atomic E-state index is 0.0130. The molecule has 0 bridgehead atoms. The first-order valence-electron chi connectivity index (χ1n) is 20.5. The molecule has 0 aliphatic rings. The topological polar surface area (TPSA) is 56.7 Å². The van der Waals surface area contributed by atoms with E-state index in [0.29, 0.717) is 50.8 Å². The molecule has 3 heterocycles. The van der Waals surface area contributed by atoms with E-state index in [0.717, 1.165) is 27.5 Å². The van der Waals surface area contributed by atoms with Gasteiger partial charge in [0.2, 0.25) is 0 Å². The number of fused-ring (bicyclic) bond motifs is 6. The smallest absolute Gasteiger partial charge is 0.164 e. The molecular weight excluding hydrogens is 613 g/mol. The van der Waals surface area contributed by atoms with Crippen molar-refractivity contribution in [2.75, 3.05) is 0 Å². The van der Waals surface area contributed by atoms with Crippen molar-refractivity contribution < 1.29 is 16.8 Å². The van der Waals surface area contributed by atoms with Gasteiger partial charge < -0.3 is 8.98 Å². The molecular formula is C45H28N4O. The third kappa shape index (κ3) is 4.67. The molecule has 50 heavy (non-hydrogen) atoms. The molecule has 0 fully saturated rings. The van der Waals surface area contributed by atoms with E-state index in [9.17, 15) is 0 Å². The van der Waals surface area contributed by atoms with Crippen LogP contribution in [0.5, 0.6) is 0 Å². The summed E-state index contributed by atoms with van der Waals surface area (Å²) in [5, 5.41) is 2.61. The molecule has 0 radical (unpaired) electrons. The number of nitrogens with zero attached hydrogens (tertiary/aromatic N) is 4. The van der Waals surface area contributed by atoms with Crippen molar-refractivity contribution in [1.29, 1.82) is 0 Å². The number of aromatic nitrogens is 4. The van der Waals surface area contributed by atoms with Gasteiger partial charge in [0.15, 0.2) is 17.5 Å². The Morgan fingerprint density at radius 1 is 0.420 bits per heavy atom. The van der Waals surface area contributed by atoms with Crippen molar-refractivity contribution in [2.45, 2.75) is 0 Å². The lowest BCUT2D eigenvalue weighted by Gasteiger charge is -2.12. The maximum atomic E-state index is 9.09. The molecule has 10 rings (SSSR count). The van der Waals surface area contributed by atoms with E-state index >= 15 is 0 Å². The van der Waals surface area contributed by atoms with Crippen molar-refractivity contribution in [3.8, 4) is 51.0 Å². The summed E-state index contributed by atoms with van der Waals surface area (Å²) >= 11 is 0. The van der Waals surface area contributed by atoms with Gasteiger partial charge in [0.05, 0.1) is 23.4 Å². The van der Waals surface area contributed by atoms with Crippen LogP contribution in [0.25, 0.3) is 94.7 Å². The molecule has 0 spiro atoms. The van der Waals surface area contributed by atoms with Gasteiger partial charge in [0.25, 0.3) is 0 Å². The van der Waals surface area contributed by atoms with Gasteiger partial charge >= 0.3 is 0 Å². The zero-order valence-electron chi connectivity index (χ0n) is 35.2. The average molecular weight is 650 g/mol. The van der Waals surface area contributed by atoms with E-state index in [4.69, 9.17) is 31.7 Å². The van der Waals surface area contributed by atoms with Crippen LogP contribution in [-0.2, 0) is 0 Å². The van der Waals surface area contributed by atoms with E-state index in [1.54, 1.807) is 22.8 Å². The van der Waals surface area contributed by atoms with Crippen molar-refractivity contribution in [1.82, 2.24) is 19.5 Å². The van der Waals surface area contributed by atoms with Gasteiger partial charge in [-0.1, -0.05) is 121 Å². The molecule has 5 heteroatoms. The number of rotatable bonds is 5. The SMILES string of the molecule is [2H]c1c([2H])c([2H])c(-c2ccc3c(c2)c2c([2H])c([2H])c([2H])c([2H])c2n3-c2cccc(-c3nc(-c4ccccc4)nc(-c4ccc5c(c4)oc4ccccc45)n3)c2)c([2H])c1[2H]. The van der Waals surface area contributed by atoms with Crippen LogP contribution in [-0.4, -0.2) is 19.5 Å². The van der Waals surface area contributed by atoms with Crippen LogP contribution in [0.15, 0.2) is 174 Å². The summed E-state index contributed by atoms with van der Waals surface area (Å²) in [5.41, 5.74) is 5.16. The highest BCUT2D eigenvalue weighted by Crippen LogP contribution is 2.36. The average Bonchev–Trinajstić information content (AvgIpc) is 3.82. The monoisotopic (exact) mass is 649 g/mol. The van der Waals surface area contributed by atoms with E-state index in [1.807, 2.05) is 97.1 Å². The summed E-state index contributed by atoms with van der Waals surface area (Å²) in [7, 11) is 0. The number of para-hydroxylation sites is 2. The number of hydrogen-bond acceptors (Lipinski definition) is 4. The molecule has 5 nitrogen and oxygen atoms in total. The van der Waals surface area contributed by atoms with Crippen molar-refractivity contribution >= 4 is 43.7 Å². The Morgan fingerprint density at radius 2 is 1.10 bits per heavy atom. The molecule has 0 atom stereocenters. The molecule has 7 aromatic carbocycles. The van der Waals surface area contributed by atoms with Crippen molar-refractivity contribution in [3.05, 3.63) is 170 Å². The Kier molecular flexibility index (Phi) is 4.67. The van der Waals surface area contributed by atoms with Crippen molar-refractivity contribution in [2.24, 2.45) is 0 Å². The minimum Gasteiger partial charge on any atom is -0.456 e. The molecule has 10 aromatic rings. The van der Waals surface area contributed by atoms with E-state index < -0.39 is 30.2 Å². The summed E-state index contributed by atoms with van der Waals surface area (Å²) in [6, 6.07) is 32.0. The zero-order valence-corrected chi connectivity index (χ0v) is 26.2. The fourth-order valence-electron chi connectivity index (χ4n) is 6.54. The van der Waals surface area contributed by atoms with Crippen molar-refractivity contribution in [3.63, 3.8) is 0 Å². The Morgan fingerprint density at radius 3 is 1.96 bits per heavy atom. The second-order valence-electron chi connectivity index (χ2n) is 11.8. The van der Waals surface area contributed by atoms with Crippen LogP contribution in [0.2, 0.25) is 0 Å². The van der Waals surface area contributed by atoms with E-state index in [1.165, 1.54) is 0 Å².